The first-order valence-electron chi connectivity index (χ1n) is 8.55. The van der Waals surface area contributed by atoms with Gasteiger partial charge in [0.05, 0.1) is 16.8 Å². The summed E-state index contributed by atoms with van der Waals surface area (Å²) in [7, 11) is -3.75. The predicted molar refractivity (Wildman–Crippen MR) is 109 cm³/mol. The minimum atomic E-state index is -3.75. The summed E-state index contributed by atoms with van der Waals surface area (Å²) in [5.41, 5.74) is 1.70. The number of rotatable bonds is 6. The first-order valence-corrected chi connectivity index (χ1v) is 10.8. The number of fused-ring (bicyclic) bond motifs is 1. The second kappa shape index (κ2) is 7.16. The van der Waals surface area contributed by atoms with Gasteiger partial charge in [0.2, 0.25) is 0 Å². The van der Waals surface area contributed by atoms with Crippen LogP contribution >= 0.6 is 15.9 Å². The Balaban J connectivity index is 1.81. The molecule has 3 N–H and O–H groups in total. The minimum Gasteiger partial charge on any atom is -0.478 e. The second-order valence-corrected chi connectivity index (χ2v) is 9.15. The van der Waals surface area contributed by atoms with E-state index in [1.54, 1.807) is 18.2 Å². The molecule has 1 aromatic heterocycles. The number of hydrogen-bond acceptors (Lipinski definition) is 5. The van der Waals surface area contributed by atoms with Gasteiger partial charge in [-0.25, -0.2) is 22.9 Å². The number of aromatic carboxylic acids is 1. The highest BCUT2D eigenvalue weighted by atomic mass is 79.9. The Morgan fingerprint density at radius 3 is 2.64 bits per heavy atom. The number of carboxylic acid groups (broad SMARTS) is 1. The Kier molecular flexibility index (Phi) is 4.82. The number of benzene rings is 2. The Labute approximate surface area is 170 Å². The lowest BCUT2D eigenvalue weighted by Crippen LogP contribution is -2.26. The van der Waals surface area contributed by atoms with Crippen LogP contribution in [0.5, 0.6) is 0 Å². The SMILES string of the molecule is O=C(O)c1cccc(Nc2cc(S(=O)(=O)NC3CC3)nc3cc(Br)ccc23)c1. The summed E-state index contributed by atoms with van der Waals surface area (Å²) in [4.78, 5) is 15.5. The third-order valence-electron chi connectivity index (χ3n) is 4.31. The summed E-state index contributed by atoms with van der Waals surface area (Å²) in [6.07, 6.45) is 1.65. The van der Waals surface area contributed by atoms with Crippen molar-refractivity contribution < 1.29 is 18.3 Å². The van der Waals surface area contributed by atoms with E-state index in [2.05, 4.69) is 31.0 Å². The zero-order chi connectivity index (χ0) is 19.9. The Morgan fingerprint density at radius 2 is 1.93 bits per heavy atom. The number of hydrogen-bond donors (Lipinski definition) is 3. The van der Waals surface area contributed by atoms with Gasteiger partial charge < -0.3 is 10.4 Å². The lowest BCUT2D eigenvalue weighted by atomic mass is 10.1. The molecule has 0 aliphatic heterocycles. The van der Waals surface area contributed by atoms with Gasteiger partial charge in [0, 0.05) is 27.7 Å². The van der Waals surface area contributed by atoms with Crippen molar-refractivity contribution in [3.63, 3.8) is 0 Å². The fourth-order valence-electron chi connectivity index (χ4n) is 2.78. The number of nitrogens with one attached hydrogen (secondary N) is 2. The molecule has 1 aliphatic rings. The molecule has 0 radical (unpaired) electrons. The molecule has 0 saturated heterocycles. The molecular formula is C19H16BrN3O4S. The average molecular weight is 462 g/mol. The molecule has 1 saturated carbocycles. The summed E-state index contributed by atoms with van der Waals surface area (Å²) in [6, 6.07) is 13.1. The van der Waals surface area contributed by atoms with Gasteiger partial charge in [0.1, 0.15) is 0 Å². The quantitative estimate of drug-likeness (QED) is 0.513. The third kappa shape index (κ3) is 4.01. The van der Waals surface area contributed by atoms with Gasteiger partial charge in [-0.15, -0.1) is 0 Å². The fourth-order valence-corrected chi connectivity index (χ4v) is 4.42. The molecule has 0 atom stereocenters. The summed E-state index contributed by atoms with van der Waals surface area (Å²) in [5.74, 6) is -1.04. The maximum Gasteiger partial charge on any atom is 0.335 e. The maximum atomic E-state index is 12.7. The normalized spacial score (nSPS) is 14.2. The predicted octanol–water partition coefficient (Wildman–Crippen LogP) is 3.88. The van der Waals surface area contributed by atoms with Crippen molar-refractivity contribution in [2.75, 3.05) is 5.32 Å². The van der Waals surface area contributed by atoms with Crippen molar-refractivity contribution in [3.8, 4) is 0 Å². The van der Waals surface area contributed by atoms with Gasteiger partial charge in [-0.3, -0.25) is 0 Å². The van der Waals surface area contributed by atoms with Crippen LogP contribution in [-0.2, 0) is 10.0 Å². The maximum absolute atomic E-state index is 12.7. The number of aromatic nitrogens is 1. The van der Waals surface area contributed by atoms with Gasteiger partial charge >= 0.3 is 5.97 Å². The Hall–Kier alpha value is -2.49. The summed E-state index contributed by atoms with van der Waals surface area (Å²) in [5, 5.41) is 13.0. The van der Waals surface area contributed by atoms with E-state index < -0.39 is 16.0 Å². The highest BCUT2D eigenvalue weighted by Gasteiger charge is 2.29. The highest BCUT2D eigenvalue weighted by molar-refractivity contribution is 9.10. The standard InChI is InChI=1S/C19H16BrN3O4S/c20-12-4-7-15-16(9-12)22-18(28(26,27)23-13-5-6-13)10-17(15)21-14-3-1-2-11(8-14)19(24)25/h1-4,7-10,13,23H,5-6H2,(H,21,22)(H,24,25). The average Bonchev–Trinajstić information content (AvgIpc) is 3.44. The van der Waals surface area contributed by atoms with Gasteiger partial charge in [0.25, 0.3) is 10.0 Å². The molecule has 7 nitrogen and oxygen atoms in total. The fraction of sp³-hybridized carbons (Fsp3) is 0.158. The number of carboxylic acids is 1. The number of nitrogens with zero attached hydrogens (tertiary/aromatic N) is 1. The number of sulfonamides is 1. The second-order valence-electron chi connectivity index (χ2n) is 6.58. The van der Waals surface area contributed by atoms with E-state index in [0.29, 0.717) is 22.3 Å². The lowest BCUT2D eigenvalue weighted by molar-refractivity contribution is 0.0697. The van der Waals surface area contributed by atoms with Crippen molar-refractivity contribution in [3.05, 3.63) is 58.6 Å². The molecule has 0 unspecified atom stereocenters. The highest BCUT2D eigenvalue weighted by Crippen LogP contribution is 2.31. The largest absolute Gasteiger partial charge is 0.478 e. The molecule has 1 fully saturated rings. The number of pyridine rings is 1. The van der Waals surface area contributed by atoms with Crippen LogP contribution in [0, 0.1) is 0 Å². The summed E-state index contributed by atoms with van der Waals surface area (Å²) in [6.45, 7) is 0. The smallest absolute Gasteiger partial charge is 0.335 e. The van der Waals surface area contributed by atoms with Crippen molar-refractivity contribution in [1.82, 2.24) is 9.71 Å². The van der Waals surface area contributed by atoms with E-state index in [1.165, 1.54) is 18.2 Å². The molecule has 9 heteroatoms. The van der Waals surface area contributed by atoms with Crippen LogP contribution in [0.15, 0.2) is 58.0 Å². The molecule has 28 heavy (non-hydrogen) atoms. The van der Waals surface area contributed by atoms with Crippen molar-refractivity contribution in [1.29, 1.82) is 0 Å². The van der Waals surface area contributed by atoms with Gasteiger partial charge in [0.15, 0.2) is 5.03 Å². The Morgan fingerprint density at radius 1 is 1.14 bits per heavy atom. The van der Waals surface area contributed by atoms with Gasteiger partial charge in [-0.05, 0) is 49.2 Å². The lowest BCUT2D eigenvalue weighted by Gasteiger charge is -2.13. The van der Waals surface area contributed by atoms with E-state index in [-0.39, 0.29) is 16.6 Å². The zero-order valence-electron chi connectivity index (χ0n) is 14.5. The van der Waals surface area contributed by atoms with Gasteiger partial charge in [-0.1, -0.05) is 22.0 Å². The molecule has 3 aromatic rings. The number of anilines is 2. The van der Waals surface area contributed by atoms with Crippen LogP contribution in [0.1, 0.15) is 23.2 Å². The third-order valence-corrected chi connectivity index (χ3v) is 6.21. The van der Waals surface area contributed by atoms with Crippen molar-refractivity contribution in [2.24, 2.45) is 0 Å². The topological polar surface area (TPSA) is 108 Å². The molecule has 2 aromatic carbocycles. The number of halogens is 1. The first kappa shape index (κ1) is 18.9. The van der Waals surface area contributed by atoms with E-state index in [1.807, 2.05) is 12.1 Å². The van der Waals surface area contributed by atoms with E-state index in [0.717, 1.165) is 17.3 Å². The van der Waals surface area contributed by atoms with Crippen LogP contribution < -0.4 is 10.0 Å². The molecule has 1 heterocycles. The van der Waals surface area contributed by atoms with E-state index >= 15 is 0 Å². The number of carbonyl (C=O) groups is 1. The van der Waals surface area contributed by atoms with E-state index in [9.17, 15) is 18.3 Å². The molecule has 0 spiro atoms. The molecule has 4 rings (SSSR count). The molecule has 144 valence electrons. The molecular weight excluding hydrogens is 446 g/mol. The zero-order valence-corrected chi connectivity index (χ0v) is 16.9. The monoisotopic (exact) mass is 461 g/mol. The Bertz CT molecular complexity index is 1190. The van der Waals surface area contributed by atoms with Gasteiger partial charge in [-0.2, -0.15) is 0 Å². The van der Waals surface area contributed by atoms with E-state index in [4.69, 9.17) is 0 Å². The van der Waals surface area contributed by atoms with Crippen LogP contribution in [0.2, 0.25) is 0 Å². The summed E-state index contributed by atoms with van der Waals surface area (Å²) < 4.78 is 28.7. The van der Waals surface area contributed by atoms with Crippen molar-refractivity contribution in [2.45, 2.75) is 23.9 Å². The van der Waals surface area contributed by atoms with Crippen LogP contribution in [0.3, 0.4) is 0 Å². The van der Waals surface area contributed by atoms with Crippen LogP contribution in [-0.4, -0.2) is 30.5 Å². The van der Waals surface area contributed by atoms with Crippen LogP contribution in [0.4, 0.5) is 11.4 Å². The first-order chi connectivity index (χ1) is 13.3. The van der Waals surface area contributed by atoms with Crippen LogP contribution in [0.25, 0.3) is 10.9 Å². The molecule has 0 amide bonds. The van der Waals surface area contributed by atoms with Crippen molar-refractivity contribution >= 4 is 54.2 Å². The molecule has 1 aliphatic carbocycles. The summed E-state index contributed by atoms with van der Waals surface area (Å²) >= 11 is 3.38. The minimum absolute atomic E-state index is 0.0336. The molecule has 0 bridgehead atoms.